The molecule has 1 atom stereocenters. The van der Waals surface area contributed by atoms with Crippen molar-refractivity contribution in [2.24, 2.45) is 16.8 Å². The Hall–Kier alpha value is -2.18. The van der Waals surface area contributed by atoms with Gasteiger partial charge in [-0.1, -0.05) is 35.5 Å². The summed E-state index contributed by atoms with van der Waals surface area (Å²) in [6.45, 7) is -0.761. The molecule has 0 aliphatic carbocycles. The van der Waals surface area contributed by atoms with Crippen molar-refractivity contribution in [3.8, 4) is 0 Å². The summed E-state index contributed by atoms with van der Waals surface area (Å²) in [7, 11) is 0. The summed E-state index contributed by atoms with van der Waals surface area (Å²) in [6, 6.07) is 8.88. The van der Waals surface area contributed by atoms with Crippen LogP contribution in [0.2, 0.25) is 0 Å². The van der Waals surface area contributed by atoms with Gasteiger partial charge in [0.05, 0.1) is 6.54 Å². The van der Waals surface area contributed by atoms with Gasteiger partial charge in [0.25, 0.3) is 6.43 Å². The van der Waals surface area contributed by atoms with E-state index in [1.165, 1.54) is 0 Å². The third kappa shape index (κ3) is 4.90. The van der Waals surface area contributed by atoms with E-state index in [2.05, 4.69) is 10.5 Å². The molecule has 0 fully saturated rings. The summed E-state index contributed by atoms with van der Waals surface area (Å²) >= 11 is 0. The molecular weight excluding hydrogens is 256 g/mol. The number of hydrogen-bond donors (Lipinski definition) is 3. The summed E-state index contributed by atoms with van der Waals surface area (Å²) in [5, 5.41) is 13.5. The molecule has 104 valence electrons. The van der Waals surface area contributed by atoms with Crippen LogP contribution in [0.5, 0.6) is 0 Å². The minimum absolute atomic E-state index is 0.172. The first-order valence-electron chi connectivity index (χ1n) is 5.61. The molecule has 0 aliphatic heterocycles. The number of amidine groups is 1. The van der Waals surface area contributed by atoms with Crippen LogP contribution >= 0.6 is 0 Å². The molecule has 4 N–H and O–H groups in total. The number of halogens is 2. The molecule has 0 saturated heterocycles. The fourth-order valence-corrected chi connectivity index (χ4v) is 1.55. The third-order valence-corrected chi connectivity index (χ3v) is 2.50. The maximum Gasteiger partial charge on any atom is 0.255 e. The highest BCUT2D eigenvalue weighted by Gasteiger charge is 2.24. The van der Waals surface area contributed by atoms with Gasteiger partial charge in [0.15, 0.2) is 5.84 Å². The first-order chi connectivity index (χ1) is 9.04. The summed E-state index contributed by atoms with van der Waals surface area (Å²) in [6.07, 6.45) is -2.47. The Kier molecular flexibility index (Phi) is 5.72. The molecule has 0 bridgehead atoms. The van der Waals surface area contributed by atoms with Crippen molar-refractivity contribution in [1.29, 1.82) is 0 Å². The highest BCUT2D eigenvalue weighted by atomic mass is 19.3. The zero-order chi connectivity index (χ0) is 14.3. The molecule has 1 unspecified atom stereocenters. The molecular formula is C12H15F2N3O2. The van der Waals surface area contributed by atoms with E-state index < -0.39 is 24.8 Å². The third-order valence-electron chi connectivity index (χ3n) is 2.50. The van der Waals surface area contributed by atoms with Crippen molar-refractivity contribution in [2.75, 3.05) is 6.54 Å². The van der Waals surface area contributed by atoms with E-state index in [-0.39, 0.29) is 12.3 Å². The minimum Gasteiger partial charge on any atom is -0.409 e. The standard InChI is InChI=1S/C12H15F2N3O2/c13-10(14)7-16-12(18)9(11(15)17-19)6-8-4-2-1-3-5-8/h1-5,9-10,19H,6-7H2,(H2,15,17)(H,16,18). The van der Waals surface area contributed by atoms with Gasteiger partial charge in [-0.05, 0) is 12.0 Å². The second-order valence-corrected chi connectivity index (χ2v) is 3.90. The monoisotopic (exact) mass is 271 g/mol. The smallest absolute Gasteiger partial charge is 0.255 e. The normalized spacial score (nSPS) is 13.3. The van der Waals surface area contributed by atoms with E-state index in [1.54, 1.807) is 30.3 Å². The maximum atomic E-state index is 12.0. The number of carbonyl (C=O) groups excluding carboxylic acids is 1. The number of amides is 1. The number of alkyl halides is 2. The van der Waals surface area contributed by atoms with Gasteiger partial charge < -0.3 is 16.3 Å². The molecule has 19 heavy (non-hydrogen) atoms. The average molecular weight is 271 g/mol. The Bertz CT molecular complexity index is 438. The number of rotatable bonds is 6. The molecule has 0 saturated carbocycles. The zero-order valence-corrected chi connectivity index (χ0v) is 10.1. The lowest BCUT2D eigenvalue weighted by Gasteiger charge is -2.15. The lowest BCUT2D eigenvalue weighted by atomic mass is 9.97. The Balaban J connectivity index is 2.75. The first-order valence-corrected chi connectivity index (χ1v) is 5.61. The minimum atomic E-state index is -2.64. The van der Waals surface area contributed by atoms with Crippen LogP contribution in [0.15, 0.2) is 35.5 Å². The summed E-state index contributed by atoms with van der Waals surface area (Å²) in [5.74, 6) is -1.98. The fraction of sp³-hybridized carbons (Fsp3) is 0.333. The van der Waals surface area contributed by atoms with Gasteiger partial charge in [-0.2, -0.15) is 0 Å². The molecule has 5 nitrogen and oxygen atoms in total. The predicted octanol–water partition coefficient (Wildman–Crippen LogP) is 0.973. The van der Waals surface area contributed by atoms with Gasteiger partial charge in [-0.3, -0.25) is 4.79 Å². The molecule has 1 aromatic carbocycles. The maximum absolute atomic E-state index is 12.0. The molecule has 7 heteroatoms. The van der Waals surface area contributed by atoms with Crippen molar-refractivity contribution >= 4 is 11.7 Å². The fourth-order valence-electron chi connectivity index (χ4n) is 1.55. The number of nitrogens with one attached hydrogen (secondary N) is 1. The van der Waals surface area contributed by atoms with E-state index in [1.807, 2.05) is 0 Å². The van der Waals surface area contributed by atoms with Gasteiger partial charge in [0.2, 0.25) is 5.91 Å². The molecule has 0 radical (unpaired) electrons. The number of nitrogens with two attached hydrogens (primary N) is 1. The summed E-state index contributed by atoms with van der Waals surface area (Å²) in [4.78, 5) is 11.7. The topological polar surface area (TPSA) is 87.7 Å². The molecule has 1 amide bonds. The molecule has 0 spiro atoms. The van der Waals surface area contributed by atoms with Gasteiger partial charge in [0.1, 0.15) is 5.92 Å². The molecule has 0 aromatic heterocycles. The van der Waals surface area contributed by atoms with E-state index in [0.717, 1.165) is 5.56 Å². The van der Waals surface area contributed by atoms with Gasteiger partial charge in [-0.25, -0.2) is 8.78 Å². The highest BCUT2D eigenvalue weighted by molar-refractivity contribution is 6.02. The van der Waals surface area contributed by atoms with Crippen LogP contribution in [0.1, 0.15) is 5.56 Å². The van der Waals surface area contributed by atoms with Crippen LogP contribution in [0.25, 0.3) is 0 Å². The predicted molar refractivity (Wildman–Crippen MR) is 66.1 cm³/mol. The second-order valence-electron chi connectivity index (χ2n) is 3.90. The number of hydrogen-bond acceptors (Lipinski definition) is 3. The van der Waals surface area contributed by atoms with Crippen LogP contribution in [-0.4, -0.2) is 29.9 Å². The number of carbonyl (C=O) groups is 1. The highest BCUT2D eigenvalue weighted by Crippen LogP contribution is 2.09. The Morgan fingerprint density at radius 2 is 2.00 bits per heavy atom. The van der Waals surface area contributed by atoms with Crippen molar-refractivity contribution < 1.29 is 18.8 Å². The molecule has 1 aromatic rings. The molecule has 0 aliphatic rings. The number of benzene rings is 1. The molecule has 0 heterocycles. The largest absolute Gasteiger partial charge is 0.409 e. The summed E-state index contributed by atoms with van der Waals surface area (Å²) < 4.78 is 24.1. The lowest BCUT2D eigenvalue weighted by molar-refractivity contribution is -0.123. The SMILES string of the molecule is N/C(=N/O)C(Cc1ccccc1)C(=O)NCC(F)F. The van der Waals surface area contributed by atoms with Crippen molar-refractivity contribution in [1.82, 2.24) is 5.32 Å². The Labute approximate surface area is 109 Å². The first kappa shape index (κ1) is 14.9. The van der Waals surface area contributed by atoms with Crippen LogP contribution in [0.3, 0.4) is 0 Å². The van der Waals surface area contributed by atoms with Gasteiger partial charge in [-0.15, -0.1) is 0 Å². The summed E-state index contributed by atoms with van der Waals surface area (Å²) in [5.41, 5.74) is 6.21. The number of nitrogens with zero attached hydrogens (tertiary/aromatic N) is 1. The zero-order valence-electron chi connectivity index (χ0n) is 10.1. The van der Waals surface area contributed by atoms with E-state index in [4.69, 9.17) is 10.9 Å². The van der Waals surface area contributed by atoms with Crippen molar-refractivity contribution in [2.45, 2.75) is 12.8 Å². The number of oxime groups is 1. The van der Waals surface area contributed by atoms with Gasteiger partial charge >= 0.3 is 0 Å². The van der Waals surface area contributed by atoms with E-state index >= 15 is 0 Å². The van der Waals surface area contributed by atoms with E-state index in [9.17, 15) is 13.6 Å². The van der Waals surface area contributed by atoms with Crippen LogP contribution in [-0.2, 0) is 11.2 Å². The van der Waals surface area contributed by atoms with Gasteiger partial charge in [0, 0.05) is 0 Å². The van der Waals surface area contributed by atoms with E-state index in [0.29, 0.717) is 0 Å². The van der Waals surface area contributed by atoms with Crippen molar-refractivity contribution in [3.63, 3.8) is 0 Å². The van der Waals surface area contributed by atoms with Crippen molar-refractivity contribution in [3.05, 3.63) is 35.9 Å². The Morgan fingerprint density at radius 3 is 2.53 bits per heavy atom. The second kappa shape index (κ2) is 7.30. The average Bonchev–Trinajstić information content (AvgIpc) is 2.42. The van der Waals surface area contributed by atoms with Crippen LogP contribution < -0.4 is 11.1 Å². The quantitative estimate of drug-likeness (QED) is 0.312. The lowest BCUT2D eigenvalue weighted by Crippen LogP contribution is -2.41. The molecule has 1 rings (SSSR count). The van der Waals surface area contributed by atoms with Crippen LogP contribution in [0.4, 0.5) is 8.78 Å². The van der Waals surface area contributed by atoms with Crippen LogP contribution in [0, 0.1) is 5.92 Å². The Morgan fingerprint density at radius 1 is 1.37 bits per heavy atom.